The van der Waals surface area contributed by atoms with E-state index in [0.717, 1.165) is 6.42 Å². The van der Waals surface area contributed by atoms with Crippen LogP contribution >= 0.6 is 0 Å². The Bertz CT molecular complexity index is 138. The van der Waals surface area contributed by atoms with Crippen LogP contribution in [0.15, 0.2) is 11.6 Å². The molecule has 1 N–H and O–H groups in total. The van der Waals surface area contributed by atoms with Gasteiger partial charge in [-0.2, -0.15) is 0 Å². The smallest absolute Gasteiger partial charge is 0.0431 e. The van der Waals surface area contributed by atoms with Gasteiger partial charge in [0.1, 0.15) is 0 Å². The maximum absolute atomic E-state index is 8.54. The fraction of sp³-hybridized carbons (Fsp3) is 0.818. The minimum atomic E-state index is 0.368. The highest BCUT2D eigenvalue weighted by Crippen LogP contribution is 2.24. The molecule has 1 aliphatic carbocycles. The number of aliphatic hydroxyl groups excluding tert-OH is 1. The molecule has 0 aromatic carbocycles. The van der Waals surface area contributed by atoms with Gasteiger partial charge in [-0.25, -0.2) is 0 Å². The van der Waals surface area contributed by atoms with Crippen molar-refractivity contribution >= 4 is 0 Å². The van der Waals surface area contributed by atoms with Crippen LogP contribution in [-0.2, 0) is 0 Å². The van der Waals surface area contributed by atoms with Gasteiger partial charge < -0.3 is 5.11 Å². The minimum absolute atomic E-state index is 0.368. The SMILES string of the molecule is OCCCCCCCCC1=CC1. The predicted molar refractivity (Wildman–Crippen MR) is 52.1 cm³/mol. The molecule has 0 aliphatic heterocycles. The van der Waals surface area contributed by atoms with Crippen LogP contribution in [0, 0.1) is 0 Å². The second-order valence-electron chi connectivity index (χ2n) is 3.66. The summed E-state index contributed by atoms with van der Waals surface area (Å²) in [6, 6.07) is 0. The van der Waals surface area contributed by atoms with E-state index in [9.17, 15) is 0 Å². The average Bonchev–Trinajstić information content (AvgIpc) is 2.87. The molecule has 0 fully saturated rings. The molecule has 0 aromatic heterocycles. The summed E-state index contributed by atoms with van der Waals surface area (Å²) in [5.41, 5.74) is 1.67. The number of unbranched alkanes of at least 4 members (excludes halogenated alkanes) is 5. The minimum Gasteiger partial charge on any atom is -0.396 e. The van der Waals surface area contributed by atoms with E-state index in [1.807, 2.05) is 0 Å². The molecule has 1 heteroatoms. The summed E-state index contributed by atoms with van der Waals surface area (Å²) in [6.07, 6.45) is 12.6. The van der Waals surface area contributed by atoms with E-state index in [1.54, 1.807) is 5.57 Å². The van der Waals surface area contributed by atoms with Gasteiger partial charge in [-0.3, -0.25) is 0 Å². The number of hydrogen-bond acceptors (Lipinski definition) is 1. The summed E-state index contributed by atoms with van der Waals surface area (Å²) in [5, 5.41) is 8.54. The molecule has 0 atom stereocenters. The molecule has 12 heavy (non-hydrogen) atoms. The Morgan fingerprint density at radius 1 is 1.00 bits per heavy atom. The van der Waals surface area contributed by atoms with E-state index in [-0.39, 0.29) is 0 Å². The van der Waals surface area contributed by atoms with Crippen LogP contribution in [0.5, 0.6) is 0 Å². The van der Waals surface area contributed by atoms with Crippen molar-refractivity contribution in [2.24, 2.45) is 0 Å². The van der Waals surface area contributed by atoms with Gasteiger partial charge in [-0.05, 0) is 25.7 Å². The molecule has 0 amide bonds. The Hall–Kier alpha value is -0.300. The first kappa shape index (κ1) is 9.79. The highest BCUT2D eigenvalue weighted by Gasteiger charge is 2.04. The molecule has 70 valence electrons. The van der Waals surface area contributed by atoms with E-state index >= 15 is 0 Å². The lowest BCUT2D eigenvalue weighted by atomic mass is 10.1. The number of allylic oxidation sites excluding steroid dienone is 2. The number of hydrogen-bond donors (Lipinski definition) is 1. The first-order chi connectivity index (χ1) is 5.93. The molecule has 0 aromatic rings. The zero-order valence-electron chi connectivity index (χ0n) is 7.89. The summed E-state index contributed by atoms with van der Waals surface area (Å²) < 4.78 is 0. The fourth-order valence-corrected chi connectivity index (χ4v) is 1.45. The first-order valence-electron chi connectivity index (χ1n) is 5.22. The van der Waals surface area contributed by atoms with Crippen molar-refractivity contribution in [2.45, 2.75) is 51.4 Å². The lowest BCUT2D eigenvalue weighted by Crippen LogP contribution is -1.83. The molecule has 0 heterocycles. The molecular formula is C11H20O. The van der Waals surface area contributed by atoms with E-state index in [0.29, 0.717) is 6.61 Å². The first-order valence-corrected chi connectivity index (χ1v) is 5.22. The zero-order valence-corrected chi connectivity index (χ0v) is 7.89. The molecular weight excluding hydrogens is 148 g/mol. The van der Waals surface area contributed by atoms with E-state index in [2.05, 4.69) is 6.08 Å². The number of rotatable bonds is 8. The fourth-order valence-electron chi connectivity index (χ4n) is 1.45. The van der Waals surface area contributed by atoms with Gasteiger partial charge in [0.2, 0.25) is 0 Å². The predicted octanol–water partition coefficient (Wildman–Crippen LogP) is 3.04. The molecule has 0 bridgehead atoms. The Kier molecular flexibility index (Phi) is 5.09. The highest BCUT2D eigenvalue weighted by atomic mass is 16.2. The molecule has 0 spiro atoms. The van der Waals surface area contributed by atoms with Gasteiger partial charge in [-0.1, -0.05) is 37.3 Å². The van der Waals surface area contributed by atoms with Gasteiger partial charge in [0.05, 0.1) is 0 Å². The van der Waals surface area contributed by atoms with Gasteiger partial charge in [0.15, 0.2) is 0 Å². The Morgan fingerprint density at radius 3 is 2.17 bits per heavy atom. The second kappa shape index (κ2) is 6.24. The molecule has 1 nitrogen and oxygen atoms in total. The van der Waals surface area contributed by atoms with Gasteiger partial charge >= 0.3 is 0 Å². The third kappa shape index (κ3) is 5.36. The Labute approximate surface area is 75.5 Å². The largest absolute Gasteiger partial charge is 0.396 e. The van der Waals surface area contributed by atoms with Crippen molar-refractivity contribution in [1.29, 1.82) is 0 Å². The van der Waals surface area contributed by atoms with Crippen LogP contribution in [0.3, 0.4) is 0 Å². The van der Waals surface area contributed by atoms with Gasteiger partial charge in [0, 0.05) is 6.61 Å². The van der Waals surface area contributed by atoms with Crippen molar-refractivity contribution in [3.63, 3.8) is 0 Å². The summed E-state index contributed by atoms with van der Waals surface area (Å²) in [6.45, 7) is 0.368. The van der Waals surface area contributed by atoms with Crippen LogP contribution in [0.2, 0.25) is 0 Å². The molecule has 0 radical (unpaired) electrons. The summed E-state index contributed by atoms with van der Waals surface area (Å²) >= 11 is 0. The molecule has 0 saturated carbocycles. The topological polar surface area (TPSA) is 20.2 Å². The van der Waals surface area contributed by atoms with Gasteiger partial charge in [0.25, 0.3) is 0 Å². The number of aliphatic hydroxyl groups is 1. The third-order valence-corrected chi connectivity index (χ3v) is 2.40. The maximum Gasteiger partial charge on any atom is 0.0431 e. The molecule has 1 aliphatic rings. The monoisotopic (exact) mass is 168 g/mol. The standard InChI is InChI=1S/C11H20O/c12-10-6-4-2-1-3-5-7-11-8-9-11/h8,12H,1-7,9-10H2. The van der Waals surface area contributed by atoms with E-state index in [1.165, 1.54) is 44.9 Å². The second-order valence-corrected chi connectivity index (χ2v) is 3.66. The lowest BCUT2D eigenvalue weighted by molar-refractivity contribution is 0.282. The van der Waals surface area contributed by atoms with Crippen LogP contribution in [0.25, 0.3) is 0 Å². The zero-order chi connectivity index (χ0) is 8.65. The molecule has 1 rings (SSSR count). The Morgan fingerprint density at radius 2 is 1.58 bits per heavy atom. The van der Waals surface area contributed by atoms with Crippen molar-refractivity contribution in [3.05, 3.63) is 11.6 Å². The van der Waals surface area contributed by atoms with E-state index in [4.69, 9.17) is 5.11 Å². The lowest BCUT2D eigenvalue weighted by Gasteiger charge is -1.98. The Balaban J connectivity index is 1.67. The average molecular weight is 168 g/mol. The van der Waals surface area contributed by atoms with Crippen LogP contribution in [0.1, 0.15) is 51.4 Å². The maximum atomic E-state index is 8.54. The van der Waals surface area contributed by atoms with Crippen molar-refractivity contribution in [3.8, 4) is 0 Å². The van der Waals surface area contributed by atoms with Crippen LogP contribution in [0.4, 0.5) is 0 Å². The van der Waals surface area contributed by atoms with Crippen molar-refractivity contribution < 1.29 is 5.11 Å². The van der Waals surface area contributed by atoms with Crippen molar-refractivity contribution in [1.82, 2.24) is 0 Å². The normalized spacial score (nSPS) is 14.6. The molecule has 0 saturated heterocycles. The summed E-state index contributed by atoms with van der Waals surface area (Å²) in [7, 11) is 0. The third-order valence-electron chi connectivity index (χ3n) is 2.40. The highest BCUT2D eigenvalue weighted by molar-refractivity contribution is 5.21. The van der Waals surface area contributed by atoms with Crippen LogP contribution < -0.4 is 0 Å². The molecule has 0 unspecified atom stereocenters. The summed E-state index contributed by atoms with van der Waals surface area (Å²) in [4.78, 5) is 0. The van der Waals surface area contributed by atoms with Crippen LogP contribution in [-0.4, -0.2) is 11.7 Å². The quantitative estimate of drug-likeness (QED) is 0.436. The van der Waals surface area contributed by atoms with Gasteiger partial charge in [-0.15, -0.1) is 0 Å². The van der Waals surface area contributed by atoms with Crippen molar-refractivity contribution in [2.75, 3.05) is 6.61 Å². The summed E-state index contributed by atoms with van der Waals surface area (Å²) in [5.74, 6) is 0. The van der Waals surface area contributed by atoms with E-state index < -0.39 is 0 Å².